The molecular formula is C14H18N2O2S. The van der Waals surface area contributed by atoms with E-state index in [1.54, 1.807) is 11.7 Å². The van der Waals surface area contributed by atoms with Gasteiger partial charge in [-0.15, -0.1) is 0 Å². The Balaban J connectivity index is 2.09. The van der Waals surface area contributed by atoms with Crippen molar-refractivity contribution < 1.29 is 4.74 Å². The Kier molecular flexibility index (Phi) is 4.27. The largest absolute Gasteiger partial charge is 0.495 e. The second kappa shape index (κ2) is 5.93. The number of anilines is 1. The first kappa shape index (κ1) is 13.7. The topological polar surface area (TPSA) is 34.5 Å². The minimum atomic E-state index is 0.103. The van der Waals surface area contributed by atoms with Crippen molar-refractivity contribution in [3.63, 3.8) is 0 Å². The fraction of sp³-hybridized carbons (Fsp3) is 0.357. The van der Waals surface area contributed by atoms with Crippen molar-refractivity contribution in [1.29, 1.82) is 0 Å². The molecule has 1 aromatic heterocycles. The number of para-hydroxylation sites is 2. The number of rotatable bonds is 5. The minimum Gasteiger partial charge on any atom is -0.495 e. The van der Waals surface area contributed by atoms with Gasteiger partial charge in [0.25, 0.3) is 0 Å². The Morgan fingerprint density at radius 1 is 1.37 bits per heavy atom. The van der Waals surface area contributed by atoms with Crippen molar-refractivity contribution in [3.8, 4) is 5.75 Å². The van der Waals surface area contributed by atoms with Gasteiger partial charge >= 0.3 is 4.87 Å². The maximum Gasteiger partial charge on any atom is 0.307 e. The molecular weight excluding hydrogens is 260 g/mol. The van der Waals surface area contributed by atoms with Gasteiger partial charge in [-0.25, -0.2) is 0 Å². The summed E-state index contributed by atoms with van der Waals surface area (Å²) in [4.78, 5) is 13.9. The van der Waals surface area contributed by atoms with Crippen molar-refractivity contribution in [1.82, 2.24) is 4.57 Å². The molecule has 0 saturated carbocycles. The van der Waals surface area contributed by atoms with Gasteiger partial charge in [0.05, 0.1) is 12.8 Å². The van der Waals surface area contributed by atoms with E-state index in [2.05, 4.69) is 4.90 Å². The number of likely N-dealkylation sites (N-methyl/N-ethyl adjacent to an activating group) is 1. The van der Waals surface area contributed by atoms with E-state index in [0.717, 1.165) is 23.7 Å². The molecule has 102 valence electrons. The molecule has 1 aromatic carbocycles. The molecule has 0 bridgehead atoms. The van der Waals surface area contributed by atoms with Crippen LogP contribution in [0.2, 0.25) is 0 Å². The van der Waals surface area contributed by atoms with Crippen LogP contribution in [0.25, 0.3) is 0 Å². The molecule has 0 amide bonds. The second-order valence-electron chi connectivity index (χ2n) is 4.39. The highest BCUT2D eigenvalue weighted by Crippen LogP contribution is 2.26. The fourth-order valence-corrected chi connectivity index (χ4v) is 2.75. The van der Waals surface area contributed by atoms with Crippen molar-refractivity contribution in [2.24, 2.45) is 0 Å². The van der Waals surface area contributed by atoms with E-state index in [1.807, 2.05) is 43.6 Å². The molecule has 5 heteroatoms. The lowest BCUT2D eigenvalue weighted by Crippen LogP contribution is -2.27. The van der Waals surface area contributed by atoms with Gasteiger partial charge in [0.2, 0.25) is 0 Å². The number of hydrogen-bond acceptors (Lipinski definition) is 4. The normalized spacial score (nSPS) is 10.5. The zero-order valence-electron chi connectivity index (χ0n) is 11.4. The standard InChI is InChI=1S/C14H18N2O2S/c1-11-10-19-14(17)16(11)9-8-15(2)12-6-4-5-7-13(12)18-3/h4-7,10H,8-9H2,1-3H3. The number of benzene rings is 1. The summed E-state index contributed by atoms with van der Waals surface area (Å²) < 4.78 is 7.14. The molecule has 19 heavy (non-hydrogen) atoms. The maximum absolute atomic E-state index is 11.7. The third-order valence-electron chi connectivity index (χ3n) is 3.13. The summed E-state index contributed by atoms with van der Waals surface area (Å²) in [5.74, 6) is 0.847. The van der Waals surface area contributed by atoms with E-state index >= 15 is 0 Å². The first-order valence-electron chi connectivity index (χ1n) is 6.12. The summed E-state index contributed by atoms with van der Waals surface area (Å²) in [6, 6.07) is 7.88. The monoisotopic (exact) mass is 278 g/mol. The molecule has 4 nitrogen and oxygen atoms in total. The Labute approximate surface area is 116 Å². The molecule has 0 N–H and O–H groups in total. The second-order valence-corrected chi connectivity index (χ2v) is 5.21. The first-order valence-corrected chi connectivity index (χ1v) is 7.00. The summed E-state index contributed by atoms with van der Waals surface area (Å²) in [5.41, 5.74) is 2.05. The molecule has 0 unspecified atom stereocenters. The number of nitrogens with zero attached hydrogens (tertiary/aromatic N) is 2. The Morgan fingerprint density at radius 2 is 2.11 bits per heavy atom. The van der Waals surface area contributed by atoms with Gasteiger partial charge in [-0.2, -0.15) is 0 Å². The lowest BCUT2D eigenvalue weighted by molar-refractivity contribution is 0.414. The predicted octanol–water partition coefficient (Wildman–Crippen LogP) is 2.36. The number of aromatic nitrogens is 1. The van der Waals surface area contributed by atoms with Crippen LogP contribution in [0.15, 0.2) is 34.4 Å². The van der Waals surface area contributed by atoms with Crippen LogP contribution in [0.4, 0.5) is 5.69 Å². The van der Waals surface area contributed by atoms with Crippen LogP contribution in [0.1, 0.15) is 5.69 Å². The highest BCUT2D eigenvalue weighted by molar-refractivity contribution is 7.07. The predicted molar refractivity (Wildman–Crippen MR) is 79.6 cm³/mol. The molecule has 0 aliphatic heterocycles. The Hall–Kier alpha value is -1.75. The summed E-state index contributed by atoms with van der Waals surface area (Å²) in [5, 5.41) is 1.89. The average Bonchev–Trinajstić information content (AvgIpc) is 2.75. The van der Waals surface area contributed by atoms with E-state index in [0.29, 0.717) is 6.54 Å². The van der Waals surface area contributed by atoms with Crippen molar-refractivity contribution >= 4 is 17.0 Å². The van der Waals surface area contributed by atoms with E-state index in [-0.39, 0.29) is 4.87 Å². The molecule has 0 atom stereocenters. The number of aryl methyl sites for hydroxylation is 1. The third kappa shape index (κ3) is 2.98. The molecule has 2 aromatic rings. The number of methoxy groups -OCH3 is 1. The van der Waals surface area contributed by atoms with E-state index in [4.69, 9.17) is 4.74 Å². The van der Waals surface area contributed by atoms with E-state index in [9.17, 15) is 4.79 Å². The SMILES string of the molecule is COc1ccccc1N(C)CCn1c(C)csc1=O. The summed E-state index contributed by atoms with van der Waals surface area (Å²) in [7, 11) is 3.67. The zero-order valence-corrected chi connectivity index (χ0v) is 12.2. The van der Waals surface area contributed by atoms with Crippen molar-refractivity contribution in [2.75, 3.05) is 25.6 Å². The highest BCUT2D eigenvalue weighted by atomic mass is 32.1. The van der Waals surface area contributed by atoms with E-state index < -0.39 is 0 Å². The van der Waals surface area contributed by atoms with Gasteiger partial charge < -0.3 is 14.2 Å². The number of hydrogen-bond donors (Lipinski definition) is 0. The Bertz CT molecular complexity index is 603. The van der Waals surface area contributed by atoms with Crippen LogP contribution in [0, 0.1) is 6.92 Å². The highest BCUT2D eigenvalue weighted by Gasteiger charge is 2.08. The van der Waals surface area contributed by atoms with Gasteiger partial charge in [-0.05, 0) is 19.1 Å². The third-order valence-corrected chi connectivity index (χ3v) is 4.01. The summed E-state index contributed by atoms with van der Waals surface area (Å²) in [6.45, 7) is 3.40. The van der Waals surface area contributed by atoms with Crippen molar-refractivity contribution in [3.05, 3.63) is 45.0 Å². The first-order chi connectivity index (χ1) is 9.13. The fourth-order valence-electron chi connectivity index (χ4n) is 1.99. The van der Waals surface area contributed by atoms with Crippen LogP contribution in [-0.2, 0) is 6.54 Å². The van der Waals surface area contributed by atoms with E-state index in [1.165, 1.54) is 11.3 Å². The lowest BCUT2D eigenvalue weighted by Gasteiger charge is -2.21. The molecule has 0 aliphatic rings. The van der Waals surface area contributed by atoms with Crippen LogP contribution >= 0.6 is 11.3 Å². The van der Waals surface area contributed by atoms with Crippen LogP contribution in [0.5, 0.6) is 5.75 Å². The minimum absolute atomic E-state index is 0.103. The van der Waals surface area contributed by atoms with Crippen LogP contribution < -0.4 is 14.5 Å². The lowest BCUT2D eigenvalue weighted by atomic mass is 10.2. The molecule has 2 rings (SSSR count). The van der Waals surface area contributed by atoms with Gasteiger partial charge in [-0.3, -0.25) is 4.79 Å². The van der Waals surface area contributed by atoms with Crippen LogP contribution in [0.3, 0.4) is 0 Å². The molecule has 1 heterocycles. The van der Waals surface area contributed by atoms with Crippen LogP contribution in [-0.4, -0.2) is 25.3 Å². The molecule has 0 saturated heterocycles. The molecule has 0 radical (unpaired) electrons. The number of ether oxygens (including phenoxy) is 1. The smallest absolute Gasteiger partial charge is 0.307 e. The average molecular weight is 278 g/mol. The van der Waals surface area contributed by atoms with Gasteiger partial charge in [0, 0.05) is 31.2 Å². The van der Waals surface area contributed by atoms with Gasteiger partial charge in [0.15, 0.2) is 0 Å². The maximum atomic E-state index is 11.7. The quantitative estimate of drug-likeness (QED) is 0.842. The van der Waals surface area contributed by atoms with Gasteiger partial charge in [0.1, 0.15) is 5.75 Å². The Morgan fingerprint density at radius 3 is 2.74 bits per heavy atom. The van der Waals surface area contributed by atoms with Gasteiger partial charge in [-0.1, -0.05) is 23.5 Å². The molecule has 0 aliphatic carbocycles. The van der Waals surface area contributed by atoms with Crippen molar-refractivity contribution in [2.45, 2.75) is 13.5 Å². The summed E-state index contributed by atoms with van der Waals surface area (Å²) >= 11 is 1.25. The zero-order chi connectivity index (χ0) is 13.8. The molecule has 0 fully saturated rings. The summed E-state index contributed by atoms with van der Waals surface area (Å²) in [6.07, 6.45) is 0. The number of thiazole rings is 1. The molecule has 0 spiro atoms.